The summed E-state index contributed by atoms with van der Waals surface area (Å²) >= 11 is 11.9. The van der Waals surface area contributed by atoms with Gasteiger partial charge in [0.1, 0.15) is 5.78 Å². The summed E-state index contributed by atoms with van der Waals surface area (Å²) in [6, 6.07) is 5.28. The molecular weight excluding hydrogens is 243 g/mol. The highest BCUT2D eigenvalue weighted by Gasteiger charge is 2.23. The summed E-state index contributed by atoms with van der Waals surface area (Å²) in [7, 11) is 0. The number of hydrogen-bond donors (Lipinski definition) is 0. The Morgan fingerprint density at radius 1 is 1.25 bits per heavy atom. The molecule has 1 fully saturated rings. The van der Waals surface area contributed by atoms with E-state index in [4.69, 9.17) is 23.2 Å². The molecule has 0 heterocycles. The topological polar surface area (TPSA) is 17.1 Å². The molecule has 1 nitrogen and oxygen atoms in total. The average molecular weight is 257 g/mol. The normalized spacial score (nSPS) is 16.6. The van der Waals surface area contributed by atoms with E-state index >= 15 is 0 Å². The minimum absolute atomic E-state index is 0.245. The first-order valence-electron chi connectivity index (χ1n) is 5.63. The average Bonchev–Trinajstić information content (AvgIpc) is 2.76. The number of hydrogen-bond acceptors (Lipinski definition) is 1. The molecule has 0 bridgehead atoms. The fourth-order valence-corrected chi connectivity index (χ4v) is 2.64. The molecule has 86 valence electrons. The van der Waals surface area contributed by atoms with E-state index in [0.717, 1.165) is 18.4 Å². The van der Waals surface area contributed by atoms with Crippen LogP contribution in [0, 0.1) is 5.92 Å². The van der Waals surface area contributed by atoms with Crippen molar-refractivity contribution in [2.75, 3.05) is 0 Å². The largest absolute Gasteiger partial charge is 0.299 e. The quantitative estimate of drug-likeness (QED) is 0.789. The lowest BCUT2D eigenvalue weighted by molar-refractivity contribution is -0.122. The molecule has 2 rings (SSSR count). The van der Waals surface area contributed by atoms with Gasteiger partial charge in [-0.25, -0.2) is 0 Å². The van der Waals surface area contributed by atoms with Crippen LogP contribution in [0.2, 0.25) is 10.0 Å². The van der Waals surface area contributed by atoms with E-state index in [1.54, 1.807) is 18.2 Å². The van der Waals surface area contributed by atoms with Gasteiger partial charge in [-0.1, -0.05) is 36.0 Å². The highest BCUT2D eigenvalue weighted by Crippen LogP contribution is 2.28. The van der Waals surface area contributed by atoms with Crippen molar-refractivity contribution in [3.05, 3.63) is 33.8 Å². The van der Waals surface area contributed by atoms with Crippen molar-refractivity contribution in [1.82, 2.24) is 0 Å². The summed E-state index contributed by atoms with van der Waals surface area (Å²) in [6.45, 7) is 0. The molecule has 1 aliphatic carbocycles. The van der Waals surface area contributed by atoms with Crippen LogP contribution in [0.5, 0.6) is 0 Å². The number of benzene rings is 1. The Morgan fingerprint density at radius 3 is 2.62 bits per heavy atom. The Balaban J connectivity index is 2.07. The van der Waals surface area contributed by atoms with Gasteiger partial charge in [0.2, 0.25) is 0 Å². The Morgan fingerprint density at radius 2 is 1.94 bits per heavy atom. The molecule has 0 aliphatic heterocycles. The molecule has 1 aromatic carbocycles. The van der Waals surface area contributed by atoms with Crippen molar-refractivity contribution in [2.45, 2.75) is 32.1 Å². The predicted octanol–water partition coefficient (Wildman–Crippen LogP) is 4.30. The smallest absolute Gasteiger partial charge is 0.140 e. The van der Waals surface area contributed by atoms with Crippen molar-refractivity contribution < 1.29 is 4.79 Å². The highest BCUT2D eigenvalue weighted by atomic mass is 35.5. The molecule has 1 aliphatic rings. The van der Waals surface area contributed by atoms with Gasteiger partial charge in [-0.2, -0.15) is 0 Å². The predicted molar refractivity (Wildman–Crippen MR) is 67.1 cm³/mol. The van der Waals surface area contributed by atoms with Crippen molar-refractivity contribution in [3.63, 3.8) is 0 Å². The number of ketones is 1. The van der Waals surface area contributed by atoms with Gasteiger partial charge in [-0.3, -0.25) is 4.79 Å². The van der Waals surface area contributed by atoms with Gasteiger partial charge < -0.3 is 0 Å². The minimum Gasteiger partial charge on any atom is -0.299 e. The van der Waals surface area contributed by atoms with E-state index < -0.39 is 0 Å². The zero-order valence-electron chi connectivity index (χ0n) is 9.01. The summed E-state index contributed by atoms with van der Waals surface area (Å²) in [5.74, 6) is 0.553. The molecule has 1 aromatic rings. The lowest BCUT2D eigenvalue weighted by Gasteiger charge is -2.09. The maximum absolute atomic E-state index is 12.0. The number of rotatable bonds is 3. The lowest BCUT2D eigenvalue weighted by atomic mass is 9.97. The van der Waals surface area contributed by atoms with Crippen LogP contribution in [0.25, 0.3) is 0 Å². The molecule has 0 saturated heterocycles. The van der Waals surface area contributed by atoms with Crippen LogP contribution in [0.15, 0.2) is 18.2 Å². The van der Waals surface area contributed by atoms with Gasteiger partial charge in [0.15, 0.2) is 0 Å². The first-order chi connectivity index (χ1) is 7.66. The molecular formula is C13H14Cl2O. The second kappa shape index (κ2) is 5.20. The SMILES string of the molecule is O=C(Cc1cc(Cl)ccc1Cl)C1CCCC1. The van der Waals surface area contributed by atoms with Crippen molar-refractivity contribution in [3.8, 4) is 0 Å². The number of halogens is 2. The maximum Gasteiger partial charge on any atom is 0.140 e. The van der Waals surface area contributed by atoms with Crippen LogP contribution in [-0.2, 0) is 11.2 Å². The minimum atomic E-state index is 0.245. The third kappa shape index (κ3) is 2.78. The third-order valence-corrected chi connectivity index (χ3v) is 3.79. The second-order valence-electron chi connectivity index (χ2n) is 4.36. The molecule has 3 heteroatoms. The second-order valence-corrected chi connectivity index (χ2v) is 5.20. The standard InChI is InChI=1S/C13H14Cl2O/c14-11-5-6-12(15)10(7-11)8-13(16)9-3-1-2-4-9/h5-7,9H,1-4,8H2. The molecule has 0 amide bonds. The van der Waals surface area contributed by atoms with Crippen molar-refractivity contribution >= 4 is 29.0 Å². The van der Waals surface area contributed by atoms with Crippen molar-refractivity contribution in [1.29, 1.82) is 0 Å². The van der Waals surface area contributed by atoms with Crippen LogP contribution in [0.1, 0.15) is 31.2 Å². The fourth-order valence-electron chi connectivity index (χ4n) is 2.26. The molecule has 0 atom stereocenters. The zero-order chi connectivity index (χ0) is 11.5. The van der Waals surface area contributed by atoms with Gasteiger partial charge in [0.25, 0.3) is 0 Å². The van der Waals surface area contributed by atoms with Crippen LogP contribution in [-0.4, -0.2) is 5.78 Å². The summed E-state index contributed by atoms with van der Waals surface area (Å²) < 4.78 is 0. The van der Waals surface area contributed by atoms with Crippen LogP contribution < -0.4 is 0 Å². The fraction of sp³-hybridized carbons (Fsp3) is 0.462. The van der Waals surface area contributed by atoms with Gasteiger partial charge in [-0.15, -0.1) is 0 Å². The lowest BCUT2D eigenvalue weighted by Crippen LogP contribution is -2.13. The number of carbonyl (C=O) groups excluding carboxylic acids is 1. The number of Topliss-reactive ketones (excluding diaryl/α,β-unsaturated/α-hetero) is 1. The van der Waals surface area contributed by atoms with E-state index in [2.05, 4.69) is 0 Å². The molecule has 16 heavy (non-hydrogen) atoms. The van der Waals surface area contributed by atoms with Gasteiger partial charge >= 0.3 is 0 Å². The van der Waals surface area contributed by atoms with Crippen molar-refractivity contribution in [2.24, 2.45) is 5.92 Å². The highest BCUT2D eigenvalue weighted by molar-refractivity contribution is 6.33. The molecule has 0 aromatic heterocycles. The summed E-state index contributed by atoms with van der Waals surface area (Å²) in [5, 5.41) is 1.27. The Hall–Kier alpha value is -0.530. The van der Waals surface area contributed by atoms with Crippen LogP contribution >= 0.6 is 23.2 Å². The summed E-state index contributed by atoms with van der Waals surface area (Å²) in [6.07, 6.45) is 4.86. The molecule has 0 radical (unpaired) electrons. The summed E-state index contributed by atoms with van der Waals surface area (Å²) in [5.41, 5.74) is 0.853. The monoisotopic (exact) mass is 256 g/mol. The van der Waals surface area contributed by atoms with E-state index in [1.807, 2.05) is 0 Å². The third-order valence-electron chi connectivity index (χ3n) is 3.18. The molecule has 0 unspecified atom stereocenters. The number of carbonyl (C=O) groups is 1. The van der Waals surface area contributed by atoms with E-state index in [0.29, 0.717) is 22.2 Å². The molecule has 0 spiro atoms. The maximum atomic E-state index is 12.0. The van der Waals surface area contributed by atoms with Crippen LogP contribution in [0.3, 0.4) is 0 Å². The Kier molecular flexibility index (Phi) is 3.88. The van der Waals surface area contributed by atoms with E-state index in [9.17, 15) is 4.79 Å². The zero-order valence-corrected chi connectivity index (χ0v) is 10.5. The van der Waals surface area contributed by atoms with E-state index in [-0.39, 0.29) is 5.92 Å². The Labute approximate surface area is 106 Å². The van der Waals surface area contributed by atoms with Gasteiger partial charge in [-0.05, 0) is 36.6 Å². The van der Waals surface area contributed by atoms with E-state index in [1.165, 1.54) is 12.8 Å². The summed E-state index contributed by atoms with van der Waals surface area (Å²) in [4.78, 5) is 12.0. The molecule has 1 saturated carbocycles. The van der Waals surface area contributed by atoms with Gasteiger partial charge in [0.05, 0.1) is 0 Å². The molecule has 0 N–H and O–H groups in total. The Bertz CT molecular complexity index is 395. The van der Waals surface area contributed by atoms with Gasteiger partial charge in [0, 0.05) is 22.4 Å². The first kappa shape index (κ1) is 11.9. The van der Waals surface area contributed by atoms with Crippen LogP contribution in [0.4, 0.5) is 0 Å². The first-order valence-corrected chi connectivity index (χ1v) is 6.39.